The quantitative estimate of drug-likeness (QED) is 0.267. The van der Waals surface area contributed by atoms with Gasteiger partial charge in [0.05, 0.1) is 20.3 Å². The average Bonchev–Trinajstić information content (AvgIpc) is 3.56. The number of Topliss-reactive ketones (excluding diaryl/α,β-unsaturated/α-hetero) is 1. The van der Waals surface area contributed by atoms with E-state index >= 15 is 0 Å². The molecule has 1 heterocycles. The Balaban J connectivity index is 1.44. The van der Waals surface area contributed by atoms with Crippen LogP contribution in [0.1, 0.15) is 84.6 Å². The predicted molar refractivity (Wildman–Crippen MR) is 155 cm³/mol. The molecule has 0 unspecified atom stereocenters. The fourth-order valence-electron chi connectivity index (χ4n) is 9.77. The van der Waals surface area contributed by atoms with Crippen LogP contribution in [0.2, 0.25) is 0 Å². The zero-order chi connectivity index (χ0) is 27.5. The van der Waals surface area contributed by atoms with E-state index in [9.17, 15) is 4.79 Å². The molecule has 6 atom stereocenters. The van der Waals surface area contributed by atoms with Gasteiger partial charge in [-0.15, -0.1) is 0 Å². The number of allylic oxidation sites excluding steroid dienone is 6. The lowest BCUT2D eigenvalue weighted by Gasteiger charge is -2.54. The number of ether oxygens (including phenoxy) is 3. The molecular weight excluding hydrogens is 484 g/mol. The van der Waals surface area contributed by atoms with Crippen LogP contribution < -0.4 is 4.74 Å². The van der Waals surface area contributed by atoms with Crippen LogP contribution in [0.15, 0.2) is 59.7 Å². The molecule has 4 nitrogen and oxygen atoms in total. The molecule has 6 rings (SSSR count). The van der Waals surface area contributed by atoms with E-state index in [1.54, 1.807) is 7.11 Å². The normalized spacial score (nSPS) is 38.1. The van der Waals surface area contributed by atoms with Gasteiger partial charge in [0.1, 0.15) is 11.5 Å². The summed E-state index contributed by atoms with van der Waals surface area (Å²) in [4.78, 5) is 14.9. The summed E-state index contributed by atoms with van der Waals surface area (Å²) >= 11 is 0. The number of unbranched alkanes of at least 4 members (excludes halogenated alkanes) is 1. The number of carbonyl (C=O) groups excluding carboxylic acids is 1. The Morgan fingerprint density at radius 2 is 1.69 bits per heavy atom. The first kappa shape index (κ1) is 27.0. The standard InChI is InChI=1S/C35H46O4/c1-24(2)10-6-7-11-25(3)22-26-23-35(38-20-21-39-35)31-29(30(26)36)34(27-12-14-28(37-5)15-13-27)19-18-33(31)17-9-8-16-32(33,34)4/h10-15,18-19,26,29,31H,6-9,16-17,20-23H2,1-5H3/b25-11+/t26-,29+,31-,32-,33-,34-/m0/s1. The summed E-state index contributed by atoms with van der Waals surface area (Å²) < 4.78 is 18.9. The minimum atomic E-state index is -0.677. The maximum Gasteiger partial charge on any atom is 0.173 e. The van der Waals surface area contributed by atoms with Gasteiger partial charge < -0.3 is 14.2 Å². The van der Waals surface area contributed by atoms with Gasteiger partial charge in [-0.25, -0.2) is 0 Å². The molecule has 1 aromatic rings. The summed E-state index contributed by atoms with van der Waals surface area (Å²) in [7, 11) is 1.71. The third-order valence-corrected chi connectivity index (χ3v) is 11.3. The number of fused-ring (bicyclic) bond motifs is 3. The molecule has 4 fully saturated rings. The van der Waals surface area contributed by atoms with Crippen molar-refractivity contribution in [2.75, 3.05) is 20.3 Å². The predicted octanol–water partition coefficient (Wildman–Crippen LogP) is 7.73. The summed E-state index contributed by atoms with van der Waals surface area (Å²) in [6.07, 6.45) is 17.7. The number of benzene rings is 1. The minimum Gasteiger partial charge on any atom is -0.497 e. The van der Waals surface area contributed by atoms with Crippen LogP contribution in [0.5, 0.6) is 5.75 Å². The third kappa shape index (κ3) is 3.73. The smallest absolute Gasteiger partial charge is 0.173 e. The molecule has 210 valence electrons. The molecule has 4 heteroatoms. The Morgan fingerprint density at radius 3 is 2.38 bits per heavy atom. The molecule has 39 heavy (non-hydrogen) atoms. The van der Waals surface area contributed by atoms with Gasteiger partial charge in [0.15, 0.2) is 5.79 Å². The van der Waals surface area contributed by atoms with Crippen LogP contribution in [-0.4, -0.2) is 31.9 Å². The second kappa shape index (κ2) is 9.73. The van der Waals surface area contributed by atoms with Crippen molar-refractivity contribution in [2.24, 2.45) is 28.6 Å². The maximum atomic E-state index is 14.9. The number of hydrogen-bond donors (Lipinski definition) is 0. The fraction of sp³-hybridized carbons (Fsp3) is 0.629. The van der Waals surface area contributed by atoms with E-state index in [2.05, 4.69) is 76.3 Å². The number of hydrogen-bond acceptors (Lipinski definition) is 4. The highest BCUT2D eigenvalue weighted by atomic mass is 16.7. The zero-order valence-electron chi connectivity index (χ0n) is 24.6. The number of carbonyl (C=O) groups is 1. The van der Waals surface area contributed by atoms with Crippen molar-refractivity contribution in [3.63, 3.8) is 0 Å². The Bertz CT molecular complexity index is 1200. The van der Waals surface area contributed by atoms with Gasteiger partial charge in [0, 0.05) is 35.0 Å². The molecule has 5 aliphatic rings. The van der Waals surface area contributed by atoms with Crippen LogP contribution in [0.3, 0.4) is 0 Å². The molecule has 0 N–H and O–H groups in total. The van der Waals surface area contributed by atoms with Crippen molar-refractivity contribution >= 4 is 5.78 Å². The van der Waals surface area contributed by atoms with Crippen molar-refractivity contribution in [3.05, 3.63) is 65.3 Å². The average molecular weight is 531 g/mol. The van der Waals surface area contributed by atoms with E-state index in [1.807, 2.05) is 0 Å². The molecule has 0 radical (unpaired) electrons. The summed E-state index contributed by atoms with van der Waals surface area (Å²) in [5, 5.41) is 0. The van der Waals surface area contributed by atoms with Gasteiger partial charge in [0.2, 0.25) is 0 Å². The number of rotatable bonds is 7. The van der Waals surface area contributed by atoms with Crippen molar-refractivity contribution < 1.29 is 19.0 Å². The van der Waals surface area contributed by atoms with E-state index in [4.69, 9.17) is 14.2 Å². The van der Waals surface area contributed by atoms with Gasteiger partial charge in [0.25, 0.3) is 0 Å². The van der Waals surface area contributed by atoms with Crippen molar-refractivity contribution in [2.45, 2.75) is 90.3 Å². The Hall–Kier alpha value is -2.17. The number of ketones is 1. The van der Waals surface area contributed by atoms with Gasteiger partial charge in [-0.3, -0.25) is 4.79 Å². The van der Waals surface area contributed by atoms with Crippen LogP contribution in [0.25, 0.3) is 0 Å². The first-order valence-corrected chi connectivity index (χ1v) is 15.2. The minimum absolute atomic E-state index is 0.0513. The van der Waals surface area contributed by atoms with E-state index in [-0.39, 0.29) is 34.0 Å². The molecular formula is C35H46O4. The van der Waals surface area contributed by atoms with E-state index < -0.39 is 5.79 Å². The lowest BCUT2D eigenvalue weighted by molar-refractivity contribution is -0.249. The van der Waals surface area contributed by atoms with Crippen LogP contribution in [-0.2, 0) is 19.7 Å². The number of methoxy groups -OCH3 is 1. The monoisotopic (exact) mass is 530 g/mol. The fourth-order valence-corrected chi connectivity index (χ4v) is 9.77. The molecule has 1 spiro atoms. The van der Waals surface area contributed by atoms with Gasteiger partial charge >= 0.3 is 0 Å². The van der Waals surface area contributed by atoms with Gasteiger partial charge in [-0.05, 0) is 76.0 Å². The third-order valence-electron chi connectivity index (χ3n) is 11.3. The van der Waals surface area contributed by atoms with Gasteiger partial charge in [-0.1, -0.05) is 67.3 Å². The molecule has 4 aliphatic carbocycles. The van der Waals surface area contributed by atoms with E-state index in [0.717, 1.165) is 37.9 Å². The lowest BCUT2D eigenvalue weighted by atomic mass is 9.52. The summed E-state index contributed by atoms with van der Waals surface area (Å²) in [5.41, 5.74) is 3.41. The molecule has 0 amide bonds. The van der Waals surface area contributed by atoms with E-state index in [1.165, 1.54) is 29.6 Å². The maximum absolute atomic E-state index is 14.9. The molecule has 3 saturated carbocycles. The summed E-state index contributed by atoms with van der Waals surface area (Å²) in [5.74, 6) is 0.423. The largest absolute Gasteiger partial charge is 0.497 e. The first-order valence-electron chi connectivity index (χ1n) is 15.2. The molecule has 0 aromatic heterocycles. The Kier molecular flexibility index (Phi) is 6.74. The van der Waals surface area contributed by atoms with Gasteiger partial charge in [-0.2, -0.15) is 0 Å². The first-order chi connectivity index (χ1) is 18.7. The Labute approximate surface area is 234 Å². The molecule has 1 saturated heterocycles. The molecule has 1 aliphatic heterocycles. The SMILES string of the molecule is COc1ccc([C@]23C=C[C@@]4(CCCC[C@]24C)[C@@H]2[C@H]3C(=O)[C@@H](C/C(C)=C/CCC=C(C)C)CC23OCCO3)cc1. The van der Waals surface area contributed by atoms with Crippen LogP contribution in [0, 0.1) is 28.6 Å². The lowest BCUT2D eigenvalue weighted by Crippen LogP contribution is -2.59. The highest BCUT2D eigenvalue weighted by molar-refractivity contribution is 5.89. The van der Waals surface area contributed by atoms with Crippen LogP contribution >= 0.6 is 0 Å². The van der Waals surface area contributed by atoms with Crippen LogP contribution in [0.4, 0.5) is 0 Å². The van der Waals surface area contributed by atoms with Crippen molar-refractivity contribution in [3.8, 4) is 5.75 Å². The highest BCUT2D eigenvalue weighted by Gasteiger charge is 2.82. The second-order valence-electron chi connectivity index (χ2n) is 13.4. The molecule has 1 aromatic carbocycles. The second-order valence-corrected chi connectivity index (χ2v) is 13.4. The zero-order valence-corrected chi connectivity index (χ0v) is 24.6. The summed E-state index contributed by atoms with van der Waals surface area (Å²) in [6.45, 7) is 10.2. The Morgan fingerprint density at radius 1 is 1.00 bits per heavy atom. The van der Waals surface area contributed by atoms with Crippen molar-refractivity contribution in [1.82, 2.24) is 0 Å². The summed E-state index contributed by atoms with van der Waals surface area (Å²) in [6, 6.07) is 8.57. The highest BCUT2D eigenvalue weighted by Crippen LogP contribution is 2.81. The van der Waals surface area contributed by atoms with E-state index in [0.29, 0.717) is 25.4 Å². The molecule has 2 bridgehead atoms. The topological polar surface area (TPSA) is 44.8 Å². The van der Waals surface area contributed by atoms with Crippen molar-refractivity contribution in [1.29, 1.82) is 0 Å².